The molecule has 0 radical (unpaired) electrons. The van der Waals surface area contributed by atoms with Gasteiger partial charge in [0.1, 0.15) is 0 Å². The Kier molecular flexibility index (Phi) is 2.92. The van der Waals surface area contributed by atoms with Gasteiger partial charge in [0, 0.05) is 31.2 Å². The Morgan fingerprint density at radius 3 is 2.94 bits per heavy atom. The molecule has 1 aliphatic carbocycles. The van der Waals surface area contributed by atoms with Crippen LogP contribution in [-0.4, -0.2) is 22.1 Å². The van der Waals surface area contributed by atoms with Crippen LogP contribution in [0.3, 0.4) is 0 Å². The van der Waals surface area contributed by atoms with Crippen molar-refractivity contribution in [3.05, 3.63) is 11.7 Å². The molecule has 1 aromatic heterocycles. The Morgan fingerprint density at radius 2 is 2.38 bits per heavy atom. The Bertz CT molecular complexity index is 365. The van der Waals surface area contributed by atoms with Crippen molar-refractivity contribution in [2.24, 2.45) is 5.73 Å². The molecule has 1 heterocycles. The van der Waals surface area contributed by atoms with E-state index in [2.05, 4.69) is 10.1 Å². The van der Waals surface area contributed by atoms with Gasteiger partial charge in [-0.3, -0.25) is 0 Å². The molecule has 0 spiro atoms. The predicted octanol–water partition coefficient (Wildman–Crippen LogP) is 1.86. The maximum Gasteiger partial charge on any atom is 0.248 e. The zero-order chi connectivity index (χ0) is 11.8. The van der Waals surface area contributed by atoms with Crippen molar-refractivity contribution in [1.29, 1.82) is 0 Å². The fraction of sp³-hybridized carbons (Fsp3) is 0.800. The average Bonchev–Trinajstić information content (AvgIpc) is 2.71. The summed E-state index contributed by atoms with van der Waals surface area (Å²) in [7, 11) is 0. The van der Waals surface area contributed by atoms with Crippen molar-refractivity contribution in [2.45, 2.75) is 50.5 Å². The number of nitrogens with two attached hydrogens (primary N) is 1. The number of nitrogens with zero attached hydrogens (tertiary/aromatic N) is 2. The highest BCUT2D eigenvalue weighted by Crippen LogP contribution is 2.43. The lowest BCUT2D eigenvalue weighted by atomic mass is 10.1. The zero-order valence-electron chi connectivity index (χ0n) is 9.12. The van der Waals surface area contributed by atoms with Crippen LogP contribution in [0, 0.1) is 0 Å². The molecular weight excluding hydrogens is 216 g/mol. The topological polar surface area (TPSA) is 64.9 Å². The molecule has 2 atom stereocenters. The third-order valence-corrected chi connectivity index (χ3v) is 2.75. The van der Waals surface area contributed by atoms with Crippen LogP contribution in [0.25, 0.3) is 0 Å². The molecule has 1 fully saturated rings. The van der Waals surface area contributed by atoms with Gasteiger partial charge in [-0.25, -0.2) is 8.78 Å². The molecule has 0 saturated heterocycles. The summed E-state index contributed by atoms with van der Waals surface area (Å²) in [6.45, 7) is 1.83. The lowest BCUT2D eigenvalue weighted by molar-refractivity contribution is 0.00750. The maximum absolute atomic E-state index is 13.0. The molecule has 0 amide bonds. The first-order valence-corrected chi connectivity index (χ1v) is 5.42. The Balaban J connectivity index is 2.03. The number of aromatic nitrogens is 2. The molecule has 16 heavy (non-hydrogen) atoms. The van der Waals surface area contributed by atoms with Crippen LogP contribution in [-0.2, 0) is 6.42 Å². The number of halogens is 2. The average molecular weight is 231 g/mol. The standard InChI is InChI=1S/C10H15F2N3O/c1-6(13)4-8-14-9(15-16-8)7-2-3-10(11,12)5-7/h6-7H,2-5,13H2,1H3/t6-,7?/m1/s1. The Hall–Kier alpha value is -1.04. The summed E-state index contributed by atoms with van der Waals surface area (Å²) in [6, 6.07) is -0.0710. The second-order valence-corrected chi connectivity index (χ2v) is 4.52. The molecular formula is C10H15F2N3O. The van der Waals surface area contributed by atoms with Crippen molar-refractivity contribution < 1.29 is 13.3 Å². The molecule has 0 bridgehead atoms. The molecule has 0 aliphatic heterocycles. The van der Waals surface area contributed by atoms with Crippen molar-refractivity contribution in [2.75, 3.05) is 0 Å². The minimum atomic E-state index is -2.58. The van der Waals surface area contributed by atoms with Crippen LogP contribution < -0.4 is 5.73 Å². The van der Waals surface area contributed by atoms with E-state index in [0.29, 0.717) is 24.6 Å². The smallest absolute Gasteiger partial charge is 0.248 e. The van der Waals surface area contributed by atoms with E-state index >= 15 is 0 Å². The fourth-order valence-electron chi connectivity index (χ4n) is 1.96. The second kappa shape index (κ2) is 4.08. The first kappa shape index (κ1) is 11.4. The molecule has 1 aromatic rings. The second-order valence-electron chi connectivity index (χ2n) is 4.52. The predicted molar refractivity (Wildman–Crippen MR) is 53.2 cm³/mol. The van der Waals surface area contributed by atoms with Gasteiger partial charge in [-0.15, -0.1) is 0 Å². The number of rotatable bonds is 3. The number of hydrogen-bond acceptors (Lipinski definition) is 4. The van der Waals surface area contributed by atoms with Crippen molar-refractivity contribution >= 4 is 0 Å². The normalized spacial score (nSPS) is 25.9. The summed E-state index contributed by atoms with van der Waals surface area (Å²) in [4.78, 5) is 4.11. The molecule has 4 nitrogen and oxygen atoms in total. The monoisotopic (exact) mass is 231 g/mol. The summed E-state index contributed by atoms with van der Waals surface area (Å²) in [5.41, 5.74) is 5.58. The first-order chi connectivity index (χ1) is 7.46. The van der Waals surface area contributed by atoms with E-state index in [4.69, 9.17) is 10.3 Å². The molecule has 0 aromatic carbocycles. The summed E-state index contributed by atoms with van der Waals surface area (Å²) in [6.07, 6.45) is 0.638. The molecule has 2 rings (SSSR count). The van der Waals surface area contributed by atoms with Gasteiger partial charge in [0.05, 0.1) is 0 Å². The summed E-state index contributed by atoms with van der Waals surface area (Å²) in [5, 5.41) is 3.74. The van der Waals surface area contributed by atoms with E-state index in [1.807, 2.05) is 6.92 Å². The van der Waals surface area contributed by atoms with E-state index in [1.165, 1.54) is 0 Å². The van der Waals surface area contributed by atoms with Crippen molar-refractivity contribution in [1.82, 2.24) is 10.1 Å². The van der Waals surface area contributed by atoms with Gasteiger partial charge >= 0.3 is 0 Å². The van der Waals surface area contributed by atoms with E-state index in [1.54, 1.807) is 0 Å². The largest absolute Gasteiger partial charge is 0.339 e. The zero-order valence-corrected chi connectivity index (χ0v) is 9.12. The minimum Gasteiger partial charge on any atom is -0.339 e. The van der Waals surface area contributed by atoms with E-state index in [-0.39, 0.29) is 24.8 Å². The summed E-state index contributed by atoms with van der Waals surface area (Å²) in [5.74, 6) is -2.03. The van der Waals surface area contributed by atoms with Crippen LogP contribution in [0.5, 0.6) is 0 Å². The third kappa shape index (κ3) is 2.55. The van der Waals surface area contributed by atoms with E-state index in [9.17, 15) is 8.78 Å². The third-order valence-electron chi connectivity index (χ3n) is 2.75. The van der Waals surface area contributed by atoms with Crippen LogP contribution in [0.2, 0.25) is 0 Å². The highest BCUT2D eigenvalue weighted by atomic mass is 19.3. The Morgan fingerprint density at radius 1 is 1.62 bits per heavy atom. The molecule has 6 heteroatoms. The molecule has 90 valence electrons. The highest BCUT2D eigenvalue weighted by Gasteiger charge is 2.41. The fourth-order valence-corrected chi connectivity index (χ4v) is 1.96. The lowest BCUT2D eigenvalue weighted by Crippen LogP contribution is -2.18. The van der Waals surface area contributed by atoms with Gasteiger partial charge in [-0.05, 0) is 13.3 Å². The molecule has 2 N–H and O–H groups in total. The summed E-state index contributed by atoms with van der Waals surface area (Å²) < 4.78 is 31.0. The maximum atomic E-state index is 13.0. The van der Waals surface area contributed by atoms with Gasteiger partial charge in [0.2, 0.25) is 11.8 Å². The first-order valence-electron chi connectivity index (χ1n) is 5.42. The Labute approximate surface area is 92.2 Å². The van der Waals surface area contributed by atoms with Crippen LogP contribution >= 0.6 is 0 Å². The molecule has 1 unspecified atom stereocenters. The van der Waals surface area contributed by atoms with Crippen molar-refractivity contribution in [3.63, 3.8) is 0 Å². The highest BCUT2D eigenvalue weighted by molar-refractivity contribution is 5.02. The lowest BCUT2D eigenvalue weighted by Gasteiger charge is -2.06. The van der Waals surface area contributed by atoms with Gasteiger partial charge < -0.3 is 10.3 Å². The van der Waals surface area contributed by atoms with Crippen LogP contribution in [0.1, 0.15) is 43.8 Å². The molecule has 1 saturated carbocycles. The van der Waals surface area contributed by atoms with Gasteiger partial charge in [0.15, 0.2) is 5.82 Å². The van der Waals surface area contributed by atoms with Crippen molar-refractivity contribution in [3.8, 4) is 0 Å². The van der Waals surface area contributed by atoms with E-state index < -0.39 is 5.92 Å². The van der Waals surface area contributed by atoms with Crippen LogP contribution in [0.15, 0.2) is 4.52 Å². The van der Waals surface area contributed by atoms with E-state index in [0.717, 1.165) is 0 Å². The molecule has 1 aliphatic rings. The number of alkyl halides is 2. The SMILES string of the molecule is C[C@@H](N)Cc1nc(C2CCC(F)(F)C2)no1. The van der Waals surface area contributed by atoms with Gasteiger partial charge in [-0.1, -0.05) is 5.16 Å². The summed E-state index contributed by atoms with van der Waals surface area (Å²) >= 11 is 0. The van der Waals surface area contributed by atoms with Crippen LogP contribution in [0.4, 0.5) is 8.78 Å². The quantitative estimate of drug-likeness (QED) is 0.862. The van der Waals surface area contributed by atoms with Gasteiger partial charge in [0.25, 0.3) is 0 Å². The number of hydrogen-bond donors (Lipinski definition) is 1. The van der Waals surface area contributed by atoms with Gasteiger partial charge in [-0.2, -0.15) is 4.98 Å². The minimum absolute atomic E-state index is 0.0710.